The quantitative estimate of drug-likeness (QED) is 0.258. The standard InChI is InChI=1S/C29H28O6/c1-3-33-27(31)29(28(32)34-4-2)23(24(30)20-14-8-5-9-15-20)25(21-16-10-6-11-17-21)35-26(29)22-18-12-7-13-19-22/h5-19,23,25-26H,3-4H2,1-2H3/t23-,25+,26+/m1/s1. The molecule has 1 aliphatic heterocycles. The fourth-order valence-corrected chi connectivity index (χ4v) is 4.80. The molecule has 3 aromatic carbocycles. The van der Waals surface area contributed by atoms with Crippen molar-refractivity contribution in [3.63, 3.8) is 0 Å². The van der Waals surface area contributed by atoms with E-state index >= 15 is 0 Å². The second-order valence-electron chi connectivity index (χ2n) is 8.28. The van der Waals surface area contributed by atoms with E-state index in [2.05, 4.69) is 0 Å². The monoisotopic (exact) mass is 472 g/mol. The molecule has 6 heteroatoms. The van der Waals surface area contributed by atoms with Crippen LogP contribution in [0, 0.1) is 11.3 Å². The van der Waals surface area contributed by atoms with Gasteiger partial charge in [-0.3, -0.25) is 14.4 Å². The van der Waals surface area contributed by atoms with E-state index in [-0.39, 0.29) is 19.0 Å². The Hall–Kier alpha value is -3.77. The third kappa shape index (κ3) is 4.37. The topological polar surface area (TPSA) is 78.9 Å². The first-order valence-electron chi connectivity index (χ1n) is 11.7. The van der Waals surface area contributed by atoms with Crippen molar-refractivity contribution >= 4 is 17.7 Å². The van der Waals surface area contributed by atoms with Crippen LogP contribution in [0.25, 0.3) is 0 Å². The Morgan fingerprint density at radius 1 is 0.714 bits per heavy atom. The lowest BCUT2D eigenvalue weighted by Gasteiger charge is -2.33. The van der Waals surface area contributed by atoms with Crippen LogP contribution in [0.2, 0.25) is 0 Å². The van der Waals surface area contributed by atoms with Crippen LogP contribution in [0.15, 0.2) is 91.0 Å². The average Bonchev–Trinajstić information content (AvgIpc) is 3.27. The largest absolute Gasteiger partial charge is 0.465 e. The van der Waals surface area contributed by atoms with Gasteiger partial charge in [0.2, 0.25) is 5.41 Å². The van der Waals surface area contributed by atoms with Crippen LogP contribution in [-0.2, 0) is 23.8 Å². The summed E-state index contributed by atoms with van der Waals surface area (Å²) in [6, 6.07) is 26.7. The molecule has 0 spiro atoms. The second kappa shape index (κ2) is 10.7. The molecule has 0 aliphatic carbocycles. The number of carbonyl (C=O) groups is 3. The molecule has 1 aliphatic rings. The van der Waals surface area contributed by atoms with Gasteiger partial charge in [0.25, 0.3) is 0 Å². The molecule has 3 aromatic rings. The lowest BCUT2D eigenvalue weighted by atomic mass is 9.66. The van der Waals surface area contributed by atoms with Crippen molar-refractivity contribution in [1.29, 1.82) is 0 Å². The zero-order valence-corrected chi connectivity index (χ0v) is 19.8. The van der Waals surface area contributed by atoms with E-state index in [4.69, 9.17) is 14.2 Å². The first-order chi connectivity index (χ1) is 17.1. The van der Waals surface area contributed by atoms with Crippen molar-refractivity contribution in [2.75, 3.05) is 13.2 Å². The van der Waals surface area contributed by atoms with E-state index in [9.17, 15) is 14.4 Å². The van der Waals surface area contributed by atoms with Crippen LogP contribution in [-0.4, -0.2) is 30.9 Å². The number of benzene rings is 3. The minimum atomic E-state index is -2.04. The zero-order valence-electron chi connectivity index (χ0n) is 19.8. The Bertz CT molecular complexity index is 1140. The first kappa shape index (κ1) is 24.4. The Morgan fingerprint density at radius 2 is 1.17 bits per heavy atom. The Balaban J connectivity index is 2.01. The summed E-state index contributed by atoms with van der Waals surface area (Å²) < 4.78 is 17.5. The molecule has 180 valence electrons. The van der Waals surface area contributed by atoms with Crippen molar-refractivity contribution in [3.8, 4) is 0 Å². The number of ketones is 1. The van der Waals surface area contributed by atoms with Crippen LogP contribution in [0.1, 0.15) is 47.5 Å². The van der Waals surface area contributed by atoms with Crippen LogP contribution in [0.3, 0.4) is 0 Å². The molecule has 1 saturated heterocycles. The van der Waals surface area contributed by atoms with E-state index in [0.29, 0.717) is 16.7 Å². The number of hydrogen-bond acceptors (Lipinski definition) is 6. The van der Waals surface area contributed by atoms with Crippen LogP contribution >= 0.6 is 0 Å². The second-order valence-corrected chi connectivity index (χ2v) is 8.28. The van der Waals surface area contributed by atoms with E-state index in [1.807, 2.05) is 36.4 Å². The van der Waals surface area contributed by atoms with Crippen LogP contribution in [0.4, 0.5) is 0 Å². The number of Topliss-reactive ketones (excluding diaryl/α,β-unsaturated/α-hetero) is 1. The van der Waals surface area contributed by atoms with Crippen LogP contribution in [0.5, 0.6) is 0 Å². The lowest BCUT2D eigenvalue weighted by molar-refractivity contribution is -0.178. The van der Waals surface area contributed by atoms with Gasteiger partial charge in [0.15, 0.2) is 5.78 Å². The summed E-state index contributed by atoms with van der Waals surface area (Å²) in [5.74, 6) is -3.27. The molecule has 0 amide bonds. The maximum Gasteiger partial charge on any atom is 0.327 e. The predicted molar refractivity (Wildman–Crippen MR) is 129 cm³/mol. The van der Waals surface area contributed by atoms with Gasteiger partial charge >= 0.3 is 11.9 Å². The molecular weight excluding hydrogens is 444 g/mol. The van der Waals surface area contributed by atoms with Gasteiger partial charge in [-0.15, -0.1) is 0 Å². The highest BCUT2D eigenvalue weighted by Gasteiger charge is 2.70. The summed E-state index contributed by atoms with van der Waals surface area (Å²) in [6.45, 7) is 3.38. The zero-order chi connectivity index (χ0) is 24.8. The first-order valence-corrected chi connectivity index (χ1v) is 11.7. The molecule has 0 saturated carbocycles. The Kier molecular flexibility index (Phi) is 7.42. The highest BCUT2D eigenvalue weighted by Crippen LogP contribution is 2.59. The number of hydrogen-bond donors (Lipinski definition) is 0. The molecule has 0 N–H and O–H groups in total. The summed E-state index contributed by atoms with van der Waals surface area (Å²) in [4.78, 5) is 41.8. The molecule has 1 fully saturated rings. The van der Waals surface area contributed by atoms with Crippen molar-refractivity contribution in [1.82, 2.24) is 0 Å². The molecule has 6 nitrogen and oxygen atoms in total. The average molecular weight is 473 g/mol. The van der Waals surface area contributed by atoms with E-state index in [1.165, 1.54) is 0 Å². The van der Waals surface area contributed by atoms with Gasteiger partial charge < -0.3 is 14.2 Å². The lowest BCUT2D eigenvalue weighted by Crippen LogP contribution is -2.51. The molecule has 35 heavy (non-hydrogen) atoms. The van der Waals surface area contributed by atoms with Gasteiger partial charge in [0.05, 0.1) is 25.2 Å². The molecule has 0 radical (unpaired) electrons. The number of esters is 2. The van der Waals surface area contributed by atoms with E-state index < -0.39 is 35.5 Å². The summed E-state index contributed by atoms with van der Waals surface area (Å²) >= 11 is 0. The van der Waals surface area contributed by atoms with Gasteiger partial charge in [0.1, 0.15) is 6.10 Å². The molecule has 1 heterocycles. The number of carbonyl (C=O) groups excluding carboxylic acids is 3. The molecular formula is C29H28O6. The van der Waals surface area contributed by atoms with Gasteiger partial charge in [-0.05, 0) is 25.0 Å². The van der Waals surface area contributed by atoms with E-state index in [0.717, 1.165) is 0 Å². The number of ether oxygens (including phenoxy) is 3. The highest BCUT2D eigenvalue weighted by molar-refractivity contribution is 6.10. The van der Waals surface area contributed by atoms with Gasteiger partial charge in [-0.25, -0.2) is 0 Å². The third-order valence-corrected chi connectivity index (χ3v) is 6.29. The fourth-order valence-electron chi connectivity index (χ4n) is 4.80. The fraction of sp³-hybridized carbons (Fsp3) is 0.276. The summed E-state index contributed by atoms with van der Waals surface area (Å²) in [6.07, 6.45) is -1.98. The van der Waals surface area contributed by atoms with Gasteiger partial charge in [0, 0.05) is 5.56 Å². The molecule has 3 atom stereocenters. The minimum Gasteiger partial charge on any atom is -0.465 e. The van der Waals surface area contributed by atoms with Gasteiger partial charge in [-0.2, -0.15) is 0 Å². The smallest absolute Gasteiger partial charge is 0.327 e. The van der Waals surface area contributed by atoms with Crippen molar-refractivity contribution in [3.05, 3.63) is 108 Å². The normalized spacial score (nSPS) is 20.7. The summed E-state index contributed by atoms with van der Waals surface area (Å²) in [5, 5.41) is 0. The van der Waals surface area contributed by atoms with E-state index in [1.54, 1.807) is 68.4 Å². The highest BCUT2D eigenvalue weighted by atomic mass is 16.6. The number of rotatable bonds is 8. The Labute approximate surface area is 204 Å². The third-order valence-electron chi connectivity index (χ3n) is 6.29. The van der Waals surface area contributed by atoms with Crippen molar-refractivity contribution in [2.45, 2.75) is 26.1 Å². The maximum atomic E-state index is 14.1. The predicted octanol–water partition coefficient (Wildman–Crippen LogP) is 5.11. The van der Waals surface area contributed by atoms with Crippen molar-refractivity contribution < 1.29 is 28.6 Å². The summed E-state index contributed by atoms with van der Waals surface area (Å²) in [5.41, 5.74) is -0.411. The maximum absolute atomic E-state index is 14.1. The molecule has 0 bridgehead atoms. The van der Waals surface area contributed by atoms with Crippen molar-refractivity contribution in [2.24, 2.45) is 11.3 Å². The van der Waals surface area contributed by atoms with Gasteiger partial charge in [-0.1, -0.05) is 91.0 Å². The molecule has 4 rings (SSSR count). The summed E-state index contributed by atoms with van der Waals surface area (Å²) in [7, 11) is 0. The molecule has 0 unspecified atom stereocenters. The Morgan fingerprint density at radius 3 is 1.66 bits per heavy atom. The van der Waals surface area contributed by atoms with Crippen LogP contribution < -0.4 is 0 Å². The minimum absolute atomic E-state index is 0.0315. The molecule has 0 aromatic heterocycles. The SMILES string of the molecule is CCOC(=O)C1(C(=O)OCC)[C@H](C(=O)c2ccccc2)[C@H](c2ccccc2)O[C@H]1c1ccccc1.